The molecule has 0 spiro atoms. The van der Waals surface area contributed by atoms with Crippen LogP contribution in [0.1, 0.15) is 11.0 Å². The van der Waals surface area contributed by atoms with Crippen LogP contribution in [0.25, 0.3) is 98.4 Å². The molecule has 1 aromatic heterocycles. The number of furan rings is 1. The second kappa shape index (κ2) is 10.2. The molecule has 0 fully saturated rings. The van der Waals surface area contributed by atoms with E-state index in [1.807, 2.05) is 91.0 Å². The van der Waals surface area contributed by atoms with Crippen molar-refractivity contribution in [1.29, 1.82) is 0 Å². The summed E-state index contributed by atoms with van der Waals surface area (Å²) in [5.74, 6) is 0. The third kappa shape index (κ3) is 4.03. The van der Waals surface area contributed by atoms with Crippen molar-refractivity contribution < 1.29 is 15.4 Å². The molecule has 0 atom stereocenters. The molecule has 0 saturated heterocycles. The zero-order valence-corrected chi connectivity index (χ0v) is 25.0. The zero-order valence-electron chi connectivity index (χ0n) is 33.0. The number of hydrogen-bond acceptors (Lipinski definition) is 1. The van der Waals surface area contributed by atoms with E-state index in [1.54, 1.807) is 0 Å². The molecular weight excluding hydrogens is 569 g/mol. The Labute approximate surface area is 283 Å². The monoisotopic (exact) mass is 604 g/mol. The first kappa shape index (κ1) is 19.4. The van der Waals surface area contributed by atoms with E-state index in [4.69, 9.17) is 9.90 Å². The Morgan fingerprint density at radius 3 is 1.64 bits per heavy atom. The van der Waals surface area contributed by atoms with Gasteiger partial charge in [0, 0.05) is 10.8 Å². The summed E-state index contributed by atoms with van der Waals surface area (Å²) in [6.45, 7) is 0. The van der Waals surface area contributed by atoms with Crippen LogP contribution in [0, 0.1) is 0 Å². The van der Waals surface area contributed by atoms with Crippen molar-refractivity contribution in [3.8, 4) is 33.4 Å². The molecule has 10 aromatic rings. The predicted octanol–water partition coefficient (Wildman–Crippen LogP) is 13.2. The van der Waals surface area contributed by atoms with Crippen LogP contribution in [0.4, 0.5) is 0 Å². The van der Waals surface area contributed by atoms with Gasteiger partial charge in [-0.3, -0.25) is 0 Å². The van der Waals surface area contributed by atoms with Crippen LogP contribution in [0.3, 0.4) is 0 Å². The Kier molecular flexibility index (Phi) is 4.19. The van der Waals surface area contributed by atoms with Gasteiger partial charge in [-0.05, 0) is 101 Å². The molecule has 0 saturated carbocycles. The molecule has 1 nitrogen and oxygen atoms in total. The van der Waals surface area contributed by atoms with Gasteiger partial charge in [-0.2, -0.15) is 0 Å². The summed E-state index contributed by atoms with van der Waals surface area (Å²) in [5.41, 5.74) is 5.16. The normalized spacial score (nSPS) is 14.2. The van der Waals surface area contributed by atoms with Gasteiger partial charge in [0.05, 0.1) is 11.0 Å². The molecule has 0 bridgehead atoms. The highest BCUT2D eigenvalue weighted by Gasteiger charge is 2.18. The van der Waals surface area contributed by atoms with E-state index in [9.17, 15) is 5.48 Å². The summed E-state index contributed by atoms with van der Waals surface area (Å²) in [7, 11) is 0. The van der Waals surface area contributed by atoms with Crippen LogP contribution < -0.4 is 0 Å². The fourth-order valence-electron chi connectivity index (χ4n) is 7.10. The van der Waals surface area contributed by atoms with E-state index < -0.39 is 24.2 Å². The van der Waals surface area contributed by atoms with Crippen LogP contribution in [0.15, 0.2) is 174 Å². The summed E-state index contributed by atoms with van der Waals surface area (Å²) in [5, 5.41) is 6.73. The molecule has 0 radical (unpaired) electrons. The van der Waals surface area contributed by atoms with Gasteiger partial charge in [0.2, 0.25) is 0 Å². The van der Waals surface area contributed by atoms with Crippen LogP contribution in [0.2, 0.25) is 0 Å². The SMILES string of the molecule is [2H]c1c([2H])c([2H])c2c(-c3cccc4ccccc34)c3c([2H])c([2H])c([2H])c([2H])c3c(-c3ccc(-c4ccc5c(c4)oc4cc6ccccc6cc45)cc3)c2c1[2H]. The molecule has 9 aromatic carbocycles. The lowest BCUT2D eigenvalue weighted by molar-refractivity contribution is 0.669. The van der Waals surface area contributed by atoms with E-state index in [0.717, 1.165) is 54.6 Å². The van der Waals surface area contributed by atoms with E-state index in [1.165, 1.54) is 0 Å². The molecule has 10 rings (SSSR count). The van der Waals surface area contributed by atoms with E-state index in [-0.39, 0.29) is 45.7 Å². The summed E-state index contributed by atoms with van der Waals surface area (Å²) in [6.07, 6.45) is 0. The average molecular weight is 605 g/mol. The molecule has 1 heteroatoms. The van der Waals surface area contributed by atoms with Gasteiger partial charge in [0.1, 0.15) is 11.2 Å². The minimum Gasteiger partial charge on any atom is -0.456 e. The summed E-state index contributed by atoms with van der Waals surface area (Å²) < 4.78 is 78.5. The topological polar surface area (TPSA) is 13.1 Å². The van der Waals surface area contributed by atoms with Gasteiger partial charge >= 0.3 is 0 Å². The Bertz CT molecular complexity index is 3210. The second-order valence-electron chi connectivity index (χ2n) is 11.9. The highest BCUT2D eigenvalue weighted by atomic mass is 16.3. The molecular formula is C46H28O. The smallest absolute Gasteiger partial charge is 0.136 e. The van der Waals surface area contributed by atoms with Crippen LogP contribution in [0.5, 0.6) is 0 Å². The van der Waals surface area contributed by atoms with E-state index in [0.29, 0.717) is 22.3 Å². The van der Waals surface area contributed by atoms with Crippen molar-refractivity contribution in [2.45, 2.75) is 0 Å². The van der Waals surface area contributed by atoms with Gasteiger partial charge < -0.3 is 4.42 Å². The Hall–Kier alpha value is -6.18. The molecule has 0 N–H and O–H groups in total. The van der Waals surface area contributed by atoms with Gasteiger partial charge in [0.15, 0.2) is 0 Å². The Morgan fingerprint density at radius 2 is 0.915 bits per heavy atom. The number of fused-ring (bicyclic) bond motifs is 7. The van der Waals surface area contributed by atoms with Crippen molar-refractivity contribution in [3.05, 3.63) is 170 Å². The molecule has 0 aliphatic rings. The Morgan fingerprint density at radius 1 is 0.362 bits per heavy atom. The van der Waals surface area contributed by atoms with Crippen LogP contribution in [-0.2, 0) is 0 Å². The summed E-state index contributed by atoms with van der Waals surface area (Å²) in [4.78, 5) is 0. The van der Waals surface area contributed by atoms with Crippen molar-refractivity contribution in [3.63, 3.8) is 0 Å². The first-order valence-corrected chi connectivity index (χ1v) is 15.5. The lowest BCUT2D eigenvalue weighted by Crippen LogP contribution is -1.91. The van der Waals surface area contributed by atoms with Crippen LogP contribution in [-0.4, -0.2) is 0 Å². The van der Waals surface area contributed by atoms with Gasteiger partial charge in [-0.15, -0.1) is 0 Å². The lowest BCUT2D eigenvalue weighted by Gasteiger charge is -2.19. The van der Waals surface area contributed by atoms with Crippen molar-refractivity contribution in [2.75, 3.05) is 0 Å². The molecule has 47 heavy (non-hydrogen) atoms. The van der Waals surface area contributed by atoms with Gasteiger partial charge in [-0.1, -0.05) is 145 Å². The summed E-state index contributed by atoms with van der Waals surface area (Å²) >= 11 is 0. The van der Waals surface area contributed by atoms with E-state index >= 15 is 0 Å². The lowest BCUT2D eigenvalue weighted by atomic mass is 9.84. The molecule has 1 heterocycles. The highest BCUT2D eigenvalue weighted by Crippen LogP contribution is 2.45. The largest absolute Gasteiger partial charge is 0.456 e. The molecule has 218 valence electrons. The minimum absolute atomic E-state index is 0.190. The molecule has 0 amide bonds. The number of rotatable bonds is 3. The Balaban J connectivity index is 1.25. The van der Waals surface area contributed by atoms with Gasteiger partial charge in [-0.25, -0.2) is 0 Å². The minimum atomic E-state index is -0.425. The first-order valence-electron chi connectivity index (χ1n) is 19.5. The van der Waals surface area contributed by atoms with Crippen LogP contribution >= 0.6 is 0 Å². The summed E-state index contributed by atoms with van der Waals surface area (Å²) in [6, 6.07) is 36.5. The fraction of sp³-hybridized carbons (Fsp3) is 0. The highest BCUT2D eigenvalue weighted by molar-refractivity contribution is 6.23. The van der Waals surface area contributed by atoms with Crippen molar-refractivity contribution in [2.24, 2.45) is 0 Å². The molecule has 0 aliphatic heterocycles. The first-order chi connectivity index (χ1) is 26.6. The maximum absolute atomic E-state index is 9.29. The molecule has 0 unspecified atom stereocenters. The standard InChI is InChI=1S/C46H28O/c1-2-12-33-27-44-42(26-32(33)11-1)36-25-24-34(28-43(36)47-44)29-20-22-31(23-21-29)45-38-15-5-7-17-40(38)46(41-18-8-6-16-39(41)45)37-19-9-13-30-10-3-4-14-35(30)37/h1-28H/i5D,6D,7D,8D,15D,16D,17D,18D. The van der Waals surface area contributed by atoms with Crippen molar-refractivity contribution >= 4 is 65.0 Å². The average Bonchev–Trinajstić information content (AvgIpc) is 3.57. The number of hydrogen-bond donors (Lipinski definition) is 0. The predicted molar refractivity (Wildman–Crippen MR) is 200 cm³/mol. The molecule has 0 aliphatic carbocycles. The third-order valence-electron chi connectivity index (χ3n) is 9.28. The van der Waals surface area contributed by atoms with Gasteiger partial charge in [0.25, 0.3) is 0 Å². The third-order valence-corrected chi connectivity index (χ3v) is 9.28. The zero-order chi connectivity index (χ0) is 37.9. The maximum Gasteiger partial charge on any atom is 0.136 e. The second-order valence-corrected chi connectivity index (χ2v) is 11.9. The van der Waals surface area contributed by atoms with E-state index in [2.05, 4.69) is 30.3 Å². The van der Waals surface area contributed by atoms with Crippen molar-refractivity contribution in [1.82, 2.24) is 0 Å². The number of benzene rings is 9. The maximum atomic E-state index is 9.29. The quantitative estimate of drug-likeness (QED) is 0.183. The fourth-order valence-corrected chi connectivity index (χ4v) is 7.10.